The number of nitrogens with zero attached hydrogens (tertiary/aromatic N) is 3. The van der Waals surface area contributed by atoms with E-state index in [0.717, 1.165) is 24.5 Å². The fourth-order valence-corrected chi connectivity index (χ4v) is 2.30. The Balaban J connectivity index is 2.17. The van der Waals surface area contributed by atoms with Crippen LogP contribution in [0.25, 0.3) is 0 Å². The van der Waals surface area contributed by atoms with Crippen molar-refractivity contribution in [3.8, 4) is 0 Å². The van der Waals surface area contributed by atoms with E-state index in [2.05, 4.69) is 10.1 Å². The second-order valence-electron chi connectivity index (χ2n) is 4.23. The van der Waals surface area contributed by atoms with Crippen molar-refractivity contribution in [1.82, 2.24) is 14.8 Å². The molecule has 1 aromatic heterocycles. The molecule has 2 N–H and O–H groups in total. The molecule has 0 radical (unpaired) electrons. The summed E-state index contributed by atoms with van der Waals surface area (Å²) in [6.45, 7) is 3.95. The lowest BCUT2D eigenvalue weighted by Crippen LogP contribution is -2.30. The van der Waals surface area contributed by atoms with Crippen LogP contribution < -0.4 is 5.73 Å². The van der Waals surface area contributed by atoms with E-state index in [1.807, 2.05) is 18.5 Å². The molecule has 0 aromatic carbocycles. The number of hydrogen-bond acceptors (Lipinski definition) is 3. The Morgan fingerprint density at radius 3 is 2.71 bits per heavy atom. The molecule has 0 bridgehead atoms. The molecule has 1 aliphatic rings. The highest BCUT2D eigenvalue weighted by Gasteiger charge is 2.22. The van der Waals surface area contributed by atoms with Gasteiger partial charge in [0.25, 0.3) is 0 Å². The fraction of sp³-hybridized carbons (Fsp3) is 0.800. The summed E-state index contributed by atoms with van der Waals surface area (Å²) >= 11 is 0. The quantitative estimate of drug-likeness (QED) is 0.734. The molecule has 0 saturated heterocycles. The minimum absolute atomic E-state index is 0.345. The molecular formula is C10H18N4. The molecule has 1 aromatic rings. The molecule has 1 saturated carbocycles. The molecule has 78 valence electrons. The van der Waals surface area contributed by atoms with Gasteiger partial charge in [-0.2, -0.15) is 5.10 Å². The summed E-state index contributed by atoms with van der Waals surface area (Å²) < 4.78 is 2.05. The Hall–Kier alpha value is -0.900. The van der Waals surface area contributed by atoms with Gasteiger partial charge in [-0.25, -0.2) is 9.67 Å². The second-order valence-corrected chi connectivity index (χ2v) is 4.23. The van der Waals surface area contributed by atoms with E-state index in [1.54, 1.807) is 0 Å². The number of nitrogens with two attached hydrogens (primary N) is 1. The predicted octanol–water partition coefficient (Wildman–Crippen LogP) is 1.34. The second kappa shape index (κ2) is 3.69. The fourth-order valence-electron chi connectivity index (χ4n) is 2.30. The zero-order valence-electron chi connectivity index (χ0n) is 8.90. The van der Waals surface area contributed by atoms with Gasteiger partial charge in [-0.15, -0.1) is 0 Å². The Morgan fingerprint density at radius 1 is 1.36 bits per heavy atom. The summed E-state index contributed by atoms with van der Waals surface area (Å²) in [5.74, 6) is 1.88. The number of hydrogen-bond donors (Lipinski definition) is 1. The number of rotatable bonds is 1. The molecule has 0 spiro atoms. The zero-order valence-corrected chi connectivity index (χ0v) is 8.90. The van der Waals surface area contributed by atoms with Gasteiger partial charge in [0.05, 0.1) is 6.04 Å². The van der Waals surface area contributed by atoms with E-state index < -0.39 is 0 Å². The molecule has 2 rings (SSSR count). The minimum atomic E-state index is 0.345. The zero-order chi connectivity index (χ0) is 10.1. The van der Waals surface area contributed by atoms with E-state index in [9.17, 15) is 0 Å². The van der Waals surface area contributed by atoms with Crippen molar-refractivity contribution in [2.45, 2.75) is 51.6 Å². The molecule has 1 heterocycles. The average Bonchev–Trinajstić information content (AvgIpc) is 2.45. The third kappa shape index (κ3) is 1.80. The third-order valence-electron chi connectivity index (χ3n) is 2.94. The maximum atomic E-state index is 5.96. The lowest BCUT2D eigenvalue weighted by Gasteiger charge is -2.27. The predicted molar refractivity (Wildman–Crippen MR) is 55.0 cm³/mol. The molecule has 1 fully saturated rings. The molecular weight excluding hydrogens is 176 g/mol. The Morgan fingerprint density at radius 2 is 2.14 bits per heavy atom. The van der Waals surface area contributed by atoms with Crippen LogP contribution in [0.15, 0.2) is 0 Å². The Kier molecular flexibility index (Phi) is 2.54. The highest BCUT2D eigenvalue weighted by molar-refractivity contribution is 4.92. The van der Waals surface area contributed by atoms with Crippen LogP contribution in [0.4, 0.5) is 0 Å². The minimum Gasteiger partial charge on any atom is -0.328 e. The monoisotopic (exact) mass is 194 g/mol. The number of aryl methyl sites for hydroxylation is 2. The Labute approximate surface area is 84.5 Å². The maximum Gasteiger partial charge on any atom is 0.147 e. The van der Waals surface area contributed by atoms with Crippen LogP contribution in [0.2, 0.25) is 0 Å². The normalized spacial score (nSPS) is 27.9. The lowest BCUT2D eigenvalue weighted by molar-refractivity contribution is 0.295. The van der Waals surface area contributed by atoms with Crippen LogP contribution in [0.1, 0.15) is 43.4 Å². The largest absolute Gasteiger partial charge is 0.328 e. The molecule has 4 heteroatoms. The molecule has 2 atom stereocenters. The molecule has 4 nitrogen and oxygen atoms in total. The summed E-state index contributed by atoms with van der Waals surface area (Å²) in [7, 11) is 0. The SMILES string of the molecule is Cc1nc(C)n(C2CCCC(N)C2)n1. The van der Waals surface area contributed by atoms with Crippen molar-refractivity contribution >= 4 is 0 Å². The van der Waals surface area contributed by atoms with Crippen molar-refractivity contribution in [1.29, 1.82) is 0 Å². The van der Waals surface area contributed by atoms with Gasteiger partial charge in [-0.05, 0) is 39.5 Å². The maximum absolute atomic E-state index is 5.96. The van der Waals surface area contributed by atoms with E-state index in [-0.39, 0.29) is 0 Å². The van der Waals surface area contributed by atoms with Crippen LogP contribution >= 0.6 is 0 Å². The van der Waals surface area contributed by atoms with Gasteiger partial charge in [-0.3, -0.25) is 0 Å². The summed E-state index contributed by atoms with van der Waals surface area (Å²) in [6, 6.07) is 0.817. The first-order valence-corrected chi connectivity index (χ1v) is 5.32. The van der Waals surface area contributed by atoms with Gasteiger partial charge in [0, 0.05) is 6.04 Å². The first-order valence-electron chi connectivity index (χ1n) is 5.32. The van der Waals surface area contributed by atoms with Crippen molar-refractivity contribution in [3.05, 3.63) is 11.6 Å². The average molecular weight is 194 g/mol. The van der Waals surface area contributed by atoms with Gasteiger partial charge in [-0.1, -0.05) is 0 Å². The lowest BCUT2D eigenvalue weighted by atomic mass is 9.92. The first kappa shape index (κ1) is 9.65. The highest BCUT2D eigenvalue weighted by Crippen LogP contribution is 2.27. The summed E-state index contributed by atoms with van der Waals surface area (Å²) in [6.07, 6.45) is 4.61. The number of aromatic nitrogens is 3. The van der Waals surface area contributed by atoms with E-state index >= 15 is 0 Å². The van der Waals surface area contributed by atoms with Crippen molar-refractivity contribution in [2.24, 2.45) is 5.73 Å². The van der Waals surface area contributed by atoms with Gasteiger partial charge in [0.1, 0.15) is 11.6 Å². The van der Waals surface area contributed by atoms with Gasteiger partial charge in [0.15, 0.2) is 0 Å². The molecule has 0 amide bonds. The summed E-state index contributed by atoms with van der Waals surface area (Å²) in [4.78, 5) is 4.32. The van der Waals surface area contributed by atoms with Crippen LogP contribution in [-0.4, -0.2) is 20.8 Å². The highest BCUT2D eigenvalue weighted by atomic mass is 15.4. The van der Waals surface area contributed by atoms with Crippen molar-refractivity contribution in [3.63, 3.8) is 0 Å². The van der Waals surface area contributed by atoms with E-state index in [0.29, 0.717) is 12.1 Å². The van der Waals surface area contributed by atoms with Crippen LogP contribution in [-0.2, 0) is 0 Å². The standard InChI is InChI=1S/C10H18N4/c1-7-12-8(2)14(13-7)10-5-3-4-9(11)6-10/h9-10H,3-6,11H2,1-2H3. The van der Waals surface area contributed by atoms with Crippen LogP contribution in [0, 0.1) is 13.8 Å². The smallest absolute Gasteiger partial charge is 0.147 e. The van der Waals surface area contributed by atoms with Gasteiger partial charge < -0.3 is 5.73 Å². The molecule has 0 aliphatic heterocycles. The molecule has 2 unspecified atom stereocenters. The van der Waals surface area contributed by atoms with Gasteiger partial charge >= 0.3 is 0 Å². The molecule has 1 aliphatic carbocycles. The Bertz CT molecular complexity index is 318. The van der Waals surface area contributed by atoms with Crippen molar-refractivity contribution < 1.29 is 0 Å². The topological polar surface area (TPSA) is 56.7 Å². The molecule has 14 heavy (non-hydrogen) atoms. The van der Waals surface area contributed by atoms with E-state index in [4.69, 9.17) is 5.73 Å². The van der Waals surface area contributed by atoms with Crippen LogP contribution in [0.3, 0.4) is 0 Å². The van der Waals surface area contributed by atoms with Gasteiger partial charge in [0.2, 0.25) is 0 Å². The summed E-state index contributed by atoms with van der Waals surface area (Å²) in [5, 5.41) is 4.42. The van der Waals surface area contributed by atoms with E-state index in [1.165, 1.54) is 12.8 Å². The summed E-state index contributed by atoms with van der Waals surface area (Å²) in [5.41, 5.74) is 5.96. The third-order valence-corrected chi connectivity index (χ3v) is 2.94. The van der Waals surface area contributed by atoms with Crippen molar-refractivity contribution in [2.75, 3.05) is 0 Å². The first-order chi connectivity index (χ1) is 6.66. The van der Waals surface area contributed by atoms with Crippen LogP contribution in [0.5, 0.6) is 0 Å².